The number of aromatic nitrogens is 1. The molecule has 5 heteroatoms. The van der Waals surface area contributed by atoms with Gasteiger partial charge in [-0.1, -0.05) is 19.8 Å². The minimum Gasteiger partial charge on any atom is -0.338 e. The van der Waals surface area contributed by atoms with Crippen molar-refractivity contribution in [3.05, 3.63) is 30.1 Å². The molecule has 2 amide bonds. The number of carbonyl (C=O) groups excluding carboxylic acids is 1. The van der Waals surface area contributed by atoms with Crippen molar-refractivity contribution in [2.75, 3.05) is 32.7 Å². The molecule has 1 fully saturated rings. The maximum Gasteiger partial charge on any atom is 0.317 e. The lowest BCUT2D eigenvalue weighted by Crippen LogP contribution is -2.51. The third-order valence-corrected chi connectivity index (χ3v) is 3.87. The molecule has 2 heterocycles. The minimum absolute atomic E-state index is 0.0923. The highest BCUT2D eigenvalue weighted by Crippen LogP contribution is 2.07. The van der Waals surface area contributed by atoms with E-state index in [4.69, 9.17) is 0 Å². The summed E-state index contributed by atoms with van der Waals surface area (Å²) in [5, 5.41) is 3.01. The van der Waals surface area contributed by atoms with E-state index in [1.54, 1.807) is 0 Å². The van der Waals surface area contributed by atoms with Gasteiger partial charge in [-0.15, -0.1) is 0 Å². The summed E-state index contributed by atoms with van der Waals surface area (Å²) in [7, 11) is 0. The van der Waals surface area contributed by atoms with Crippen LogP contribution in [0, 0.1) is 0 Å². The molecule has 1 aliphatic heterocycles. The van der Waals surface area contributed by atoms with Crippen molar-refractivity contribution in [3.63, 3.8) is 0 Å². The second-order valence-electron chi connectivity index (χ2n) is 5.56. The Balaban J connectivity index is 1.67. The molecule has 0 aromatic carbocycles. The zero-order valence-corrected chi connectivity index (χ0v) is 12.9. The number of hydrogen-bond donors (Lipinski definition) is 1. The Bertz CT molecular complexity index is 416. The van der Waals surface area contributed by atoms with Crippen LogP contribution in [0.15, 0.2) is 24.5 Å². The maximum absolute atomic E-state index is 12.0. The highest BCUT2D eigenvalue weighted by Gasteiger charge is 2.20. The molecule has 1 N–H and O–H groups in total. The van der Waals surface area contributed by atoms with Gasteiger partial charge in [-0.25, -0.2) is 4.79 Å². The van der Waals surface area contributed by atoms with E-state index in [1.807, 2.05) is 29.4 Å². The SMILES string of the molecule is CCCCCNC(=O)N1CCN(Cc2ccncc2)CC1. The van der Waals surface area contributed by atoms with E-state index in [-0.39, 0.29) is 6.03 Å². The van der Waals surface area contributed by atoms with Gasteiger partial charge in [0.2, 0.25) is 0 Å². The smallest absolute Gasteiger partial charge is 0.317 e. The number of amides is 2. The highest BCUT2D eigenvalue weighted by atomic mass is 16.2. The number of nitrogens with zero attached hydrogens (tertiary/aromatic N) is 3. The molecule has 0 aliphatic carbocycles. The zero-order valence-electron chi connectivity index (χ0n) is 12.9. The second-order valence-corrected chi connectivity index (χ2v) is 5.56. The van der Waals surface area contributed by atoms with Gasteiger partial charge in [0.25, 0.3) is 0 Å². The van der Waals surface area contributed by atoms with Gasteiger partial charge >= 0.3 is 6.03 Å². The zero-order chi connectivity index (χ0) is 14.9. The normalized spacial score (nSPS) is 16.0. The van der Waals surface area contributed by atoms with Crippen LogP contribution in [0.4, 0.5) is 4.79 Å². The molecule has 1 aromatic heterocycles. The molecule has 0 bridgehead atoms. The molecule has 1 aromatic rings. The molecule has 5 nitrogen and oxygen atoms in total. The first-order valence-corrected chi connectivity index (χ1v) is 7.93. The minimum atomic E-state index is 0.0923. The first-order chi connectivity index (χ1) is 10.3. The molecule has 1 saturated heterocycles. The summed E-state index contributed by atoms with van der Waals surface area (Å²) >= 11 is 0. The van der Waals surface area contributed by atoms with Gasteiger partial charge < -0.3 is 10.2 Å². The number of piperazine rings is 1. The molecule has 1 aliphatic rings. The number of urea groups is 1. The number of pyridine rings is 1. The lowest BCUT2D eigenvalue weighted by Gasteiger charge is -2.34. The van der Waals surface area contributed by atoms with E-state index in [0.29, 0.717) is 0 Å². The van der Waals surface area contributed by atoms with Gasteiger partial charge in [-0.05, 0) is 24.1 Å². The number of nitrogens with one attached hydrogen (secondary N) is 1. The fraction of sp³-hybridized carbons (Fsp3) is 0.625. The molecule has 116 valence electrons. The Morgan fingerprint density at radius 1 is 1.19 bits per heavy atom. The average Bonchev–Trinajstić information content (AvgIpc) is 2.53. The molecular weight excluding hydrogens is 264 g/mol. The van der Waals surface area contributed by atoms with Gasteiger partial charge in [0.05, 0.1) is 0 Å². The molecule has 21 heavy (non-hydrogen) atoms. The number of unbranched alkanes of at least 4 members (excludes halogenated alkanes) is 2. The Kier molecular flexibility index (Phi) is 6.47. The van der Waals surface area contributed by atoms with Crippen molar-refractivity contribution in [1.82, 2.24) is 20.1 Å². The molecule has 0 saturated carbocycles. The van der Waals surface area contributed by atoms with Crippen LogP contribution in [0.1, 0.15) is 31.7 Å². The quantitative estimate of drug-likeness (QED) is 0.816. The van der Waals surface area contributed by atoms with E-state index in [9.17, 15) is 4.79 Å². The lowest BCUT2D eigenvalue weighted by molar-refractivity contribution is 0.135. The summed E-state index contributed by atoms with van der Waals surface area (Å²) in [5.74, 6) is 0. The van der Waals surface area contributed by atoms with E-state index in [2.05, 4.69) is 22.1 Å². The topological polar surface area (TPSA) is 48.5 Å². The lowest BCUT2D eigenvalue weighted by atomic mass is 10.2. The van der Waals surface area contributed by atoms with Gasteiger partial charge in [0.15, 0.2) is 0 Å². The standard InChI is InChI=1S/C16H26N4O/c1-2-3-4-7-18-16(21)20-12-10-19(11-13-20)14-15-5-8-17-9-6-15/h5-6,8-9H,2-4,7,10-14H2,1H3,(H,18,21). The van der Waals surface area contributed by atoms with Crippen molar-refractivity contribution < 1.29 is 4.79 Å². The third kappa shape index (κ3) is 5.34. The summed E-state index contributed by atoms with van der Waals surface area (Å²) in [4.78, 5) is 20.4. The van der Waals surface area contributed by atoms with E-state index in [0.717, 1.165) is 45.7 Å². The van der Waals surface area contributed by atoms with E-state index >= 15 is 0 Å². The maximum atomic E-state index is 12.0. The van der Waals surface area contributed by atoms with E-state index in [1.165, 1.54) is 18.4 Å². The fourth-order valence-corrected chi connectivity index (χ4v) is 2.54. The predicted molar refractivity (Wildman–Crippen MR) is 84.0 cm³/mol. The largest absolute Gasteiger partial charge is 0.338 e. The van der Waals surface area contributed by atoms with Crippen LogP contribution in [0.3, 0.4) is 0 Å². The third-order valence-electron chi connectivity index (χ3n) is 3.87. The van der Waals surface area contributed by atoms with Crippen LogP contribution in [-0.4, -0.2) is 53.5 Å². The van der Waals surface area contributed by atoms with Crippen LogP contribution in [-0.2, 0) is 6.54 Å². The summed E-state index contributed by atoms with van der Waals surface area (Å²) in [6.45, 7) is 7.40. The Hall–Kier alpha value is -1.62. The Morgan fingerprint density at radius 2 is 1.90 bits per heavy atom. The monoisotopic (exact) mass is 290 g/mol. The van der Waals surface area contributed by atoms with Crippen molar-refractivity contribution in [1.29, 1.82) is 0 Å². The Morgan fingerprint density at radius 3 is 2.57 bits per heavy atom. The predicted octanol–water partition coefficient (Wildman–Crippen LogP) is 2.10. The molecule has 0 spiro atoms. The van der Waals surface area contributed by atoms with Gasteiger partial charge in [-0.3, -0.25) is 9.88 Å². The Labute approximate surface area is 127 Å². The first-order valence-electron chi connectivity index (χ1n) is 7.93. The van der Waals surface area contributed by atoms with Crippen molar-refractivity contribution in [3.8, 4) is 0 Å². The molecule has 0 unspecified atom stereocenters. The first kappa shape index (κ1) is 15.8. The van der Waals surface area contributed by atoms with Gasteiger partial charge in [0, 0.05) is 51.7 Å². The van der Waals surface area contributed by atoms with Crippen LogP contribution < -0.4 is 5.32 Å². The number of carbonyl (C=O) groups is 1. The molecule has 2 rings (SSSR count). The van der Waals surface area contributed by atoms with E-state index < -0.39 is 0 Å². The van der Waals surface area contributed by atoms with Gasteiger partial charge in [0.1, 0.15) is 0 Å². The van der Waals surface area contributed by atoms with Crippen molar-refractivity contribution in [2.24, 2.45) is 0 Å². The summed E-state index contributed by atoms with van der Waals surface area (Å²) < 4.78 is 0. The van der Waals surface area contributed by atoms with Crippen LogP contribution in [0.2, 0.25) is 0 Å². The molecule has 0 atom stereocenters. The van der Waals surface area contributed by atoms with Crippen LogP contribution >= 0.6 is 0 Å². The fourth-order valence-electron chi connectivity index (χ4n) is 2.54. The van der Waals surface area contributed by atoms with Crippen molar-refractivity contribution in [2.45, 2.75) is 32.7 Å². The summed E-state index contributed by atoms with van der Waals surface area (Å²) in [5.41, 5.74) is 1.28. The van der Waals surface area contributed by atoms with Crippen LogP contribution in [0.25, 0.3) is 0 Å². The number of hydrogen-bond acceptors (Lipinski definition) is 3. The van der Waals surface area contributed by atoms with Gasteiger partial charge in [-0.2, -0.15) is 0 Å². The number of rotatable bonds is 6. The average molecular weight is 290 g/mol. The van der Waals surface area contributed by atoms with Crippen LogP contribution in [0.5, 0.6) is 0 Å². The summed E-state index contributed by atoms with van der Waals surface area (Å²) in [6, 6.07) is 4.19. The second kappa shape index (κ2) is 8.62. The van der Waals surface area contributed by atoms with Crippen molar-refractivity contribution >= 4 is 6.03 Å². The molecule has 0 radical (unpaired) electrons. The summed E-state index contributed by atoms with van der Waals surface area (Å²) in [6.07, 6.45) is 7.10. The highest BCUT2D eigenvalue weighted by molar-refractivity contribution is 5.74. The molecular formula is C16H26N4O.